The van der Waals surface area contributed by atoms with E-state index in [1.807, 2.05) is 0 Å². The third-order valence-electron chi connectivity index (χ3n) is 4.57. The Labute approximate surface area is 174 Å². The monoisotopic (exact) mass is 441 g/mol. The van der Waals surface area contributed by atoms with Crippen LogP contribution in [0.1, 0.15) is 31.4 Å². The van der Waals surface area contributed by atoms with Gasteiger partial charge in [-0.05, 0) is 49.5 Å². The van der Waals surface area contributed by atoms with Gasteiger partial charge in [0.1, 0.15) is 13.3 Å². The first-order chi connectivity index (χ1) is 14.2. The summed E-state index contributed by atoms with van der Waals surface area (Å²) in [6.07, 6.45) is 3.44. The van der Waals surface area contributed by atoms with Crippen molar-refractivity contribution in [3.8, 4) is 5.75 Å². The maximum Gasteiger partial charge on any atom is 0.326 e. The number of carbonyl (C=O) groups is 2. The molecule has 1 aromatic carbocycles. The van der Waals surface area contributed by atoms with Crippen LogP contribution in [0.4, 0.5) is 9.18 Å². The summed E-state index contributed by atoms with van der Waals surface area (Å²) in [5.41, 5.74) is 0.570. The Kier molecular flexibility index (Phi) is 7.06. The van der Waals surface area contributed by atoms with E-state index >= 15 is 0 Å². The lowest BCUT2D eigenvalue weighted by Crippen LogP contribution is -2.30. The van der Waals surface area contributed by atoms with Crippen molar-refractivity contribution in [3.63, 3.8) is 0 Å². The summed E-state index contributed by atoms with van der Waals surface area (Å²) in [7, 11) is -3.78. The van der Waals surface area contributed by atoms with Crippen molar-refractivity contribution < 1.29 is 31.9 Å². The van der Waals surface area contributed by atoms with E-state index in [2.05, 4.69) is 10.0 Å². The Morgan fingerprint density at radius 1 is 1.37 bits per heavy atom. The third-order valence-corrected chi connectivity index (χ3v) is 5.81. The second kappa shape index (κ2) is 9.54. The smallest absolute Gasteiger partial charge is 0.326 e. The molecule has 2 N–H and O–H groups in total. The lowest BCUT2D eigenvalue weighted by atomic mass is 10.1. The molecule has 2 aliphatic rings. The van der Waals surface area contributed by atoms with Crippen LogP contribution >= 0.6 is 0 Å². The van der Waals surface area contributed by atoms with Crippen LogP contribution in [-0.2, 0) is 19.6 Å². The SMILES string of the molecule is C[C@@H](NS(=O)(=O)/C=C/COCN1CC(=O)NC1=O)c1ccc(F)c(OCC2CC2)c1. The number of sulfonamides is 1. The van der Waals surface area contributed by atoms with E-state index in [1.54, 1.807) is 6.92 Å². The molecule has 164 valence electrons. The number of rotatable bonds is 11. The fourth-order valence-electron chi connectivity index (χ4n) is 2.73. The first-order valence-electron chi connectivity index (χ1n) is 9.51. The van der Waals surface area contributed by atoms with Gasteiger partial charge >= 0.3 is 6.03 Å². The molecule has 3 amide bonds. The summed E-state index contributed by atoms with van der Waals surface area (Å²) in [6.45, 7) is 1.80. The molecule has 30 heavy (non-hydrogen) atoms. The van der Waals surface area contributed by atoms with E-state index in [9.17, 15) is 22.4 Å². The fourth-order valence-corrected chi connectivity index (χ4v) is 3.77. The van der Waals surface area contributed by atoms with Crippen LogP contribution < -0.4 is 14.8 Å². The van der Waals surface area contributed by atoms with Crippen molar-refractivity contribution in [3.05, 3.63) is 41.1 Å². The maximum absolute atomic E-state index is 13.9. The number of hydrogen-bond donors (Lipinski definition) is 2. The lowest BCUT2D eigenvalue weighted by molar-refractivity contribution is -0.118. The molecule has 1 atom stereocenters. The van der Waals surface area contributed by atoms with Gasteiger partial charge in [-0.15, -0.1) is 0 Å². The highest BCUT2D eigenvalue weighted by Crippen LogP contribution is 2.31. The van der Waals surface area contributed by atoms with E-state index in [1.165, 1.54) is 24.3 Å². The van der Waals surface area contributed by atoms with Gasteiger partial charge in [-0.3, -0.25) is 15.0 Å². The molecule has 0 bridgehead atoms. The minimum atomic E-state index is -3.78. The molecule has 0 spiro atoms. The number of nitrogens with zero attached hydrogens (tertiary/aromatic N) is 1. The number of amides is 3. The molecule has 1 saturated carbocycles. The Morgan fingerprint density at radius 3 is 2.80 bits per heavy atom. The molecule has 0 radical (unpaired) electrons. The summed E-state index contributed by atoms with van der Waals surface area (Å²) in [5, 5.41) is 3.06. The second-order valence-corrected chi connectivity index (χ2v) is 8.85. The van der Waals surface area contributed by atoms with Crippen LogP contribution in [0.2, 0.25) is 0 Å². The van der Waals surface area contributed by atoms with E-state index in [-0.39, 0.29) is 25.6 Å². The normalized spacial score (nSPS) is 18.1. The first-order valence-corrected chi connectivity index (χ1v) is 11.1. The van der Waals surface area contributed by atoms with Crippen LogP contribution in [0, 0.1) is 11.7 Å². The van der Waals surface area contributed by atoms with Gasteiger partial charge in [0.15, 0.2) is 11.6 Å². The number of halogens is 1. The molecular formula is C19H24FN3O6S. The van der Waals surface area contributed by atoms with Crippen molar-refractivity contribution in [2.45, 2.75) is 25.8 Å². The van der Waals surface area contributed by atoms with Crippen molar-refractivity contribution in [1.29, 1.82) is 0 Å². The zero-order valence-corrected chi connectivity index (χ0v) is 17.3. The first kappa shape index (κ1) is 22.2. The van der Waals surface area contributed by atoms with Crippen LogP contribution in [0.5, 0.6) is 5.75 Å². The van der Waals surface area contributed by atoms with Crippen LogP contribution in [0.3, 0.4) is 0 Å². The third kappa shape index (κ3) is 6.51. The zero-order chi connectivity index (χ0) is 21.7. The highest BCUT2D eigenvalue weighted by atomic mass is 32.2. The molecule has 3 rings (SSSR count). The van der Waals surface area contributed by atoms with Gasteiger partial charge in [0.05, 0.1) is 13.2 Å². The average Bonchev–Trinajstić information content (AvgIpc) is 3.44. The predicted molar refractivity (Wildman–Crippen MR) is 105 cm³/mol. The number of urea groups is 1. The largest absolute Gasteiger partial charge is 0.490 e. The van der Waals surface area contributed by atoms with Crippen molar-refractivity contribution >= 4 is 22.0 Å². The summed E-state index contributed by atoms with van der Waals surface area (Å²) >= 11 is 0. The molecule has 1 heterocycles. The summed E-state index contributed by atoms with van der Waals surface area (Å²) in [4.78, 5) is 23.6. The lowest BCUT2D eigenvalue weighted by Gasteiger charge is -2.15. The average molecular weight is 441 g/mol. The molecule has 1 saturated heterocycles. The number of nitrogens with one attached hydrogen (secondary N) is 2. The van der Waals surface area contributed by atoms with Crippen molar-refractivity contribution in [2.24, 2.45) is 5.92 Å². The molecule has 1 aliphatic carbocycles. The van der Waals surface area contributed by atoms with E-state index in [0.717, 1.165) is 23.1 Å². The molecule has 11 heteroatoms. The minimum Gasteiger partial charge on any atom is -0.490 e. The Hall–Kier alpha value is -2.50. The molecule has 0 unspecified atom stereocenters. The standard InChI is InChI=1S/C19H24FN3O6S/c1-13(15-5-6-16(20)17(9-15)29-11-14-3-4-14)22-30(26,27)8-2-7-28-12-23-10-18(24)21-19(23)25/h2,5-6,8-9,13-14,22H,3-4,7,10-12H2,1H3,(H,21,24,25)/b8-2+/t13-/m1/s1. The number of hydrogen-bond acceptors (Lipinski definition) is 6. The number of ether oxygens (including phenoxy) is 2. The van der Waals surface area contributed by atoms with Crippen LogP contribution in [-0.4, -0.2) is 51.7 Å². The topological polar surface area (TPSA) is 114 Å². The number of carbonyl (C=O) groups excluding carboxylic acids is 2. The van der Waals surface area contributed by atoms with Gasteiger partial charge in [-0.1, -0.05) is 6.07 Å². The number of imide groups is 1. The van der Waals surface area contributed by atoms with Crippen LogP contribution in [0.25, 0.3) is 0 Å². The second-order valence-electron chi connectivity index (χ2n) is 7.25. The fraction of sp³-hybridized carbons (Fsp3) is 0.474. The van der Waals surface area contributed by atoms with E-state index in [4.69, 9.17) is 9.47 Å². The quantitative estimate of drug-likeness (QED) is 0.399. The molecule has 9 nitrogen and oxygen atoms in total. The minimum absolute atomic E-state index is 0.0665. The molecule has 1 aromatic rings. The van der Waals surface area contributed by atoms with Gasteiger partial charge in [0.25, 0.3) is 0 Å². The van der Waals surface area contributed by atoms with E-state index < -0.39 is 33.8 Å². The Bertz CT molecular complexity index is 932. The molecule has 0 aromatic heterocycles. The van der Waals surface area contributed by atoms with Crippen molar-refractivity contribution in [1.82, 2.24) is 14.9 Å². The summed E-state index contributed by atoms with van der Waals surface area (Å²) < 4.78 is 51.5. The zero-order valence-electron chi connectivity index (χ0n) is 16.5. The predicted octanol–water partition coefficient (Wildman–Crippen LogP) is 1.63. The highest BCUT2D eigenvalue weighted by molar-refractivity contribution is 7.92. The number of benzene rings is 1. The van der Waals surface area contributed by atoms with E-state index in [0.29, 0.717) is 18.1 Å². The summed E-state index contributed by atoms with van der Waals surface area (Å²) in [5.74, 6) is -0.322. The van der Waals surface area contributed by atoms with Gasteiger partial charge in [0, 0.05) is 11.4 Å². The maximum atomic E-state index is 13.9. The highest BCUT2D eigenvalue weighted by Gasteiger charge is 2.26. The van der Waals surface area contributed by atoms with Gasteiger partial charge < -0.3 is 9.47 Å². The molecule has 1 aliphatic heterocycles. The Balaban J connectivity index is 1.47. The summed E-state index contributed by atoms with van der Waals surface area (Å²) in [6, 6.07) is 3.10. The van der Waals surface area contributed by atoms with Crippen LogP contribution in [0.15, 0.2) is 29.7 Å². The Morgan fingerprint density at radius 2 is 2.13 bits per heavy atom. The molecule has 2 fully saturated rings. The van der Waals surface area contributed by atoms with Gasteiger partial charge in [-0.2, -0.15) is 0 Å². The van der Waals surface area contributed by atoms with Gasteiger partial charge in [-0.25, -0.2) is 22.3 Å². The molecular weight excluding hydrogens is 417 g/mol. The van der Waals surface area contributed by atoms with Gasteiger partial charge in [0.2, 0.25) is 15.9 Å². The van der Waals surface area contributed by atoms with Crippen molar-refractivity contribution in [2.75, 3.05) is 26.5 Å².